The lowest BCUT2D eigenvalue weighted by molar-refractivity contribution is 0.627. The zero-order chi connectivity index (χ0) is 13.9. The predicted molar refractivity (Wildman–Crippen MR) is 82.7 cm³/mol. The van der Waals surface area contributed by atoms with Crippen LogP contribution in [0.25, 0.3) is 10.9 Å². The van der Waals surface area contributed by atoms with E-state index < -0.39 is 0 Å². The molecule has 20 heavy (non-hydrogen) atoms. The van der Waals surface area contributed by atoms with E-state index in [1.165, 1.54) is 12.1 Å². The molecule has 1 aromatic heterocycles. The molecule has 0 amide bonds. The summed E-state index contributed by atoms with van der Waals surface area (Å²) < 4.78 is 12.8. The Morgan fingerprint density at radius 1 is 1.00 bits per heavy atom. The Hall–Kier alpha value is -1.58. The van der Waals surface area contributed by atoms with Gasteiger partial charge in [-0.15, -0.1) is 11.8 Å². The van der Waals surface area contributed by atoms with Crippen molar-refractivity contribution in [1.82, 2.24) is 4.98 Å². The molecule has 0 saturated carbocycles. The lowest BCUT2D eigenvalue weighted by Crippen LogP contribution is -1.85. The van der Waals surface area contributed by atoms with Crippen LogP contribution in [-0.4, -0.2) is 4.98 Å². The number of pyridine rings is 1. The van der Waals surface area contributed by atoms with Crippen molar-refractivity contribution in [2.45, 2.75) is 10.8 Å². The molecule has 0 unspecified atom stereocenters. The lowest BCUT2D eigenvalue weighted by Gasteiger charge is -2.04. The normalized spacial score (nSPS) is 10.9. The molecule has 0 fully saturated rings. The Morgan fingerprint density at radius 2 is 1.80 bits per heavy atom. The van der Waals surface area contributed by atoms with Crippen LogP contribution in [-0.2, 0) is 5.75 Å². The zero-order valence-electron chi connectivity index (χ0n) is 10.5. The van der Waals surface area contributed by atoms with Crippen LogP contribution in [0.2, 0.25) is 5.02 Å². The van der Waals surface area contributed by atoms with E-state index in [1.807, 2.05) is 30.3 Å². The Labute approximate surface area is 125 Å². The maximum atomic E-state index is 12.8. The highest BCUT2D eigenvalue weighted by molar-refractivity contribution is 7.98. The number of hydrogen-bond donors (Lipinski definition) is 0. The van der Waals surface area contributed by atoms with Crippen molar-refractivity contribution in [3.05, 3.63) is 71.0 Å². The maximum Gasteiger partial charge on any atom is 0.123 e. The van der Waals surface area contributed by atoms with Gasteiger partial charge in [0.25, 0.3) is 0 Å². The van der Waals surface area contributed by atoms with Gasteiger partial charge in [-0.25, -0.2) is 9.37 Å². The van der Waals surface area contributed by atoms with E-state index in [4.69, 9.17) is 11.6 Å². The molecule has 0 atom stereocenters. The Balaban J connectivity index is 1.77. The SMILES string of the molecule is Fc1ccc(CSc2ccc3cc(Cl)ccc3n2)cc1. The van der Waals surface area contributed by atoms with Crippen LogP contribution in [0.5, 0.6) is 0 Å². The number of rotatable bonds is 3. The van der Waals surface area contributed by atoms with E-state index in [0.29, 0.717) is 5.02 Å². The van der Waals surface area contributed by atoms with E-state index in [-0.39, 0.29) is 5.82 Å². The van der Waals surface area contributed by atoms with Gasteiger partial charge in [-0.05, 0) is 42.0 Å². The largest absolute Gasteiger partial charge is 0.241 e. The van der Waals surface area contributed by atoms with Crippen LogP contribution < -0.4 is 0 Å². The standard InChI is InChI=1S/C16H11ClFNS/c17-13-4-7-15-12(9-13)3-8-16(19-15)20-10-11-1-5-14(18)6-2-11/h1-9H,10H2. The molecule has 0 N–H and O–H groups in total. The first-order chi connectivity index (χ1) is 9.70. The minimum absolute atomic E-state index is 0.209. The van der Waals surface area contributed by atoms with Crippen LogP contribution in [0, 0.1) is 5.82 Å². The minimum atomic E-state index is -0.209. The molecule has 0 radical (unpaired) electrons. The number of halogens is 2. The number of benzene rings is 2. The number of hydrogen-bond acceptors (Lipinski definition) is 2. The molecule has 1 nitrogen and oxygen atoms in total. The number of aromatic nitrogens is 1. The quantitative estimate of drug-likeness (QED) is 0.607. The summed E-state index contributed by atoms with van der Waals surface area (Å²) in [6, 6.07) is 16.2. The second-order valence-electron chi connectivity index (χ2n) is 4.40. The molecule has 3 rings (SSSR count). The maximum absolute atomic E-state index is 12.8. The molecule has 2 aromatic carbocycles. The van der Waals surface area contributed by atoms with E-state index in [2.05, 4.69) is 4.98 Å². The molecule has 0 aliphatic carbocycles. The molecular weight excluding hydrogens is 293 g/mol. The monoisotopic (exact) mass is 303 g/mol. The van der Waals surface area contributed by atoms with E-state index >= 15 is 0 Å². The van der Waals surface area contributed by atoms with Gasteiger partial charge in [0.15, 0.2) is 0 Å². The van der Waals surface area contributed by atoms with Gasteiger partial charge in [-0.3, -0.25) is 0 Å². The molecule has 0 bridgehead atoms. The Morgan fingerprint density at radius 3 is 2.60 bits per heavy atom. The highest BCUT2D eigenvalue weighted by Crippen LogP contribution is 2.25. The Bertz CT molecular complexity index is 743. The third-order valence-corrected chi connectivity index (χ3v) is 4.16. The van der Waals surface area contributed by atoms with Gasteiger partial charge in [0, 0.05) is 16.2 Å². The Kier molecular flexibility index (Phi) is 3.90. The molecule has 0 aliphatic heterocycles. The van der Waals surface area contributed by atoms with Crippen molar-refractivity contribution < 1.29 is 4.39 Å². The summed E-state index contributed by atoms with van der Waals surface area (Å²) in [4.78, 5) is 4.58. The van der Waals surface area contributed by atoms with E-state index in [1.54, 1.807) is 23.9 Å². The molecule has 1 heterocycles. The number of fused-ring (bicyclic) bond motifs is 1. The molecular formula is C16H11ClFNS. The average molecular weight is 304 g/mol. The summed E-state index contributed by atoms with van der Waals surface area (Å²) >= 11 is 7.58. The third kappa shape index (κ3) is 3.11. The number of thioether (sulfide) groups is 1. The van der Waals surface area contributed by atoms with Crippen molar-refractivity contribution in [3.63, 3.8) is 0 Å². The van der Waals surface area contributed by atoms with Gasteiger partial charge >= 0.3 is 0 Å². The summed E-state index contributed by atoms with van der Waals surface area (Å²) in [5.74, 6) is 0.561. The van der Waals surface area contributed by atoms with Gasteiger partial charge in [0.2, 0.25) is 0 Å². The average Bonchev–Trinajstić information content (AvgIpc) is 2.46. The summed E-state index contributed by atoms with van der Waals surface area (Å²) in [5.41, 5.74) is 2.01. The van der Waals surface area contributed by atoms with Crippen molar-refractivity contribution in [3.8, 4) is 0 Å². The minimum Gasteiger partial charge on any atom is -0.241 e. The summed E-state index contributed by atoms with van der Waals surface area (Å²) in [6.07, 6.45) is 0. The topological polar surface area (TPSA) is 12.9 Å². The summed E-state index contributed by atoms with van der Waals surface area (Å²) in [6.45, 7) is 0. The predicted octanol–water partition coefficient (Wildman–Crippen LogP) is 5.32. The smallest absolute Gasteiger partial charge is 0.123 e. The fourth-order valence-electron chi connectivity index (χ4n) is 1.90. The second-order valence-corrected chi connectivity index (χ2v) is 5.83. The van der Waals surface area contributed by atoms with Gasteiger partial charge in [0.05, 0.1) is 10.5 Å². The molecule has 0 spiro atoms. The zero-order valence-corrected chi connectivity index (χ0v) is 12.1. The van der Waals surface area contributed by atoms with Crippen LogP contribution in [0.15, 0.2) is 59.6 Å². The van der Waals surface area contributed by atoms with Gasteiger partial charge in [-0.2, -0.15) is 0 Å². The first-order valence-corrected chi connectivity index (χ1v) is 7.51. The fourth-order valence-corrected chi connectivity index (χ4v) is 2.91. The third-order valence-electron chi connectivity index (χ3n) is 2.93. The molecule has 3 aromatic rings. The van der Waals surface area contributed by atoms with Gasteiger partial charge in [0.1, 0.15) is 5.82 Å². The van der Waals surface area contributed by atoms with Crippen LogP contribution >= 0.6 is 23.4 Å². The molecule has 4 heteroatoms. The van der Waals surface area contributed by atoms with Crippen molar-refractivity contribution in [2.24, 2.45) is 0 Å². The molecule has 100 valence electrons. The van der Waals surface area contributed by atoms with Crippen LogP contribution in [0.4, 0.5) is 4.39 Å². The highest BCUT2D eigenvalue weighted by Gasteiger charge is 2.01. The first kappa shape index (κ1) is 13.4. The van der Waals surface area contributed by atoms with E-state index in [0.717, 1.165) is 27.2 Å². The fraction of sp³-hybridized carbons (Fsp3) is 0.0625. The number of nitrogens with zero attached hydrogens (tertiary/aromatic N) is 1. The summed E-state index contributed by atoms with van der Waals surface area (Å²) in [7, 11) is 0. The van der Waals surface area contributed by atoms with Gasteiger partial charge < -0.3 is 0 Å². The second kappa shape index (κ2) is 5.81. The van der Waals surface area contributed by atoms with Crippen molar-refractivity contribution in [2.75, 3.05) is 0 Å². The van der Waals surface area contributed by atoms with Gasteiger partial charge in [-0.1, -0.05) is 29.8 Å². The lowest BCUT2D eigenvalue weighted by atomic mass is 10.2. The van der Waals surface area contributed by atoms with Crippen molar-refractivity contribution in [1.29, 1.82) is 0 Å². The molecule has 0 aliphatic rings. The van der Waals surface area contributed by atoms with Crippen LogP contribution in [0.1, 0.15) is 5.56 Å². The van der Waals surface area contributed by atoms with Crippen molar-refractivity contribution >= 4 is 34.3 Å². The first-order valence-electron chi connectivity index (χ1n) is 6.14. The summed E-state index contributed by atoms with van der Waals surface area (Å²) in [5, 5.41) is 2.69. The molecule has 0 saturated heterocycles. The highest BCUT2D eigenvalue weighted by atomic mass is 35.5. The van der Waals surface area contributed by atoms with Crippen LogP contribution in [0.3, 0.4) is 0 Å². The van der Waals surface area contributed by atoms with E-state index in [9.17, 15) is 4.39 Å².